The number of nitrogens with zero attached hydrogens (tertiary/aromatic N) is 2. The van der Waals surface area contributed by atoms with Gasteiger partial charge in [0.25, 0.3) is 0 Å². The third kappa shape index (κ3) is 4.22. The van der Waals surface area contributed by atoms with E-state index in [-0.39, 0.29) is 18.1 Å². The average Bonchev–Trinajstić information content (AvgIpc) is 3.27. The molecular formula is C22H29N3O3. The Hall–Kier alpha value is -2.34. The minimum absolute atomic E-state index is 0.119. The molecule has 1 aliphatic carbocycles. The van der Waals surface area contributed by atoms with E-state index in [1.807, 2.05) is 6.07 Å². The van der Waals surface area contributed by atoms with Gasteiger partial charge >= 0.3 is 6.09 Å². The Bertz CT molecular complexity index is 742. The number of aromatic nitrogens is 2. The maximum Gasteiger partial charge on any atom is 0.407 e. The molecule has 28 heavy (non-hydrogen) atoms. The smallest absolute Gasteiger partial charge is 0.407 e. The van der Waals surface area contributed by atoms with Crippen molar-refractivity contribution in [3.8, 4) is 0 Å². The molecule has 2 atom stereocenters. The Morgan fingerprint density at radius 2 is 1.93 bits per heavy atom. The van der Waals surface area contributed by atoms with Crippen LogP contribution in [0.25, 0.3) is 0 Å². The van der Waals surface area contributed by atoms with Crippen LogP contribution in [0.15, 0.2) is 42.6 Å². The maximum atomic E-state index is 11.8. The number of benzene rings is 1. The van der Waals surface area contributed by atoms with Gasteiger partial charge in [-0.25, -0.2) is 4.79 Å². The van der Waals surface area contributed by atoms with Crippen LogP contribution in [-0.4, -0.2) is 51.6 Å². The number of aromatic amines is 1. The summed E-state index contributed by atoms with van der Waals surface area (Å²) >= 11 is 0. The highest BCUT2D eigenvalue weighted by molar-refractivity contribution is 5.65. The number of likely N-dealkylation sites (tertiary alicyclic amines) is 1. The van der Waals surface area contributed by atoms with Gasteiger partial charge in [-0.1, -0.05) is 30.3 Å². The van der Waals surface area contributed by atoms with Crippen LogP contribution in [-0.2, 0) is 4.74 Å². The number of nitrogens with one attached hydrogen (secondary N) is 1. The first-order valence-electron chi connectivity index (χ1n) is 10.4. The fourth-order valence-electron chi connectivity index (χ4n) is 4.86. The molecule has 1 aromatic carbocycles. The van der Waals surface area contributed by atoms with Crippen LogP contribution in [0.5, 0.6) is 0 Å². The summed E-state index contributed by atoms with van der Waals surface area (Å²) in [5.41, 5.74) is 2.43. The number of hydrogen-bond acceptors (Lipinski definition) is 3. The number of H-pyrrole nitrogens is 1. The third-order valence-corrected chi connectivity index (χ3v) is 6.39. The molecule has 2 aliphatic rings. The number of carbonyl (C=O) groups is 1. The summed E-state index contributed by atoms with van der Waals surface area (Å²) in [4.78, 5) is 13.3. The second kappa shape index (κ2) is 8.78. The second-order valence-corrected chi connectivity index (χ2v) is 8.02. The summed E-state index contributed by atoms with van der Waals surface area (Å²) in [5, 5.41) is 16.8. The Balaban J connectivity index is 1.36. The molecule has 2 N–H and O–H groups in total. The van der Waals surface area contributed by atoms with Gasteiger partial charge in [0.15, 0.2) is 0 Å². The molecule has 0 bridgehead atoms. The summed E-state index contributed by atoms with van der Waals surface area (Å²) in [6.45, 7) is 1.03. The number of hydrogen-bond donors (Lipinski definition) is 2. The monoisotopic (exact) mass is 383 g/mol. The summed E-state index contributed by atoms with van der Waals surface area (Å²) in [7, 11) is 0. The molecule has 2 heterocycles. The predicted molar refractivity (Wildman–Crippen MR) is 106 cm³/mol. The molecule has 0 spiro atoms. The molecule has 1 amide bonds. The molecule has 1 saturated heterocycles. The number of carboxylic acid groups (broad SMARTS) is 1. The average molecular weight is 383 g/mol. The number of piperidine rings is 1. The van der Waals surface area contributed by atoms with Gasteiger partial charge in [0.05, 0.1) is 18.8 Å². The highest BCUT2D eigenvalue weighted by Crippen LogP contribution is 2.36. The van der Waals surface area contributed by atoms with Crippen LogP contribution in [0.1, 0.15) is 61.6 Å². The van der Waals surface area contributed by atoms with Crippen LogP contribution >= 0.6 is 0 Å². The zero-order valence-corrected chi connectivity index (χ0v) is 16.2. The van der Waals surface area contributed by atoms with Gasteiger partial charge in [0.1, 0.15) is 0 Å². The first-order chi connectivity index (χ1) is 13.7. The fourth-order valence-corrected chi connectivity index (χ4v) is 4.86. The molecule has 1 aliphatic heterocycles. The minimum atomic E-state index is -0.856. The lowest BCUT2D eigenvalue weighted by atomic mass is 9.82. The van der Waals surface area contributed by atoms with Gasteiger partial charge in [-0.3, -0.25) is 5.10 Å². The number of ether oxygens (including phenoxy) is 1. The highest BCUT2D eigenvalue weighted by atomic mass is 16.5. The van der Waals surface area contributed by atoms with Crippen molar-refractivity contribution in [3.05, 3.63) is 53.9 Å². The zero-order valence-electron chi connectivity index (χ0n) is 16.2. The third-order valence-electron chi connectivity index (χ3n) is 6.39. The number of amides is 1. The SMILES string of the molecule is O=C(O)N1CCC[C@H](c2ccn[nH]2)[C@@H]1COC1CCC(c2ccccc2)CC1. The predicted octanol–water partition coefficient (Wildman–Crippen LogP) is 4.38. The molecule has 6 heteroatoms. The van der Waals surface area contributed by atoms with Gasteiger partial charge in [-0.15, -0.1) is 0 Å². The molecule has 0 radical (unpaired) electrons. The van der Waals surface area contributed by atoms with E-state index < -0.39 is 6.09 Å². The van der Waals surface area contributed by atoms with E-state index in [2.05, 4.69) is 40.5 Å². The van der Waals surface area contributed by atoms with Crippen molar-refractivity contribution in [1.29, 1.82) is 0 Å². The van der Waals surface area contributed by atoms with Gasteiger partial charge in [-0.2, -0.15) is 5.10 Å². The Morgan fingerprint density at radius 3 is 2.61 bits per heavy atom. The van der Waals surface area contributed by atoms with E-state index in [1.165, 1.54) is 5.56 Å². The lowest BCUT2D eigenvalue weighted by Crippen LogP contribution is -2.50. The number of rotatable bonds is 5. The van der Waals surface area contributed by atoms with E-state index in [4.69, 9.17) is 4.74 Å². The molecule has 4 rings (SSSR count). The van der Waals surface area contributed by atoms with Gasteiger partial charge in [0.2, 0.25) is 0 Å². The molecule has 2 fully saturated rings. The molecule has 1 saturated carbocycles. The van der Waals surface area contributed by atoms with Crippen LogP contribution in [0.2, 0.25) is 0 Å². The molecule has 150 valence electrons. The van der Waals surface area contributed by atoms with Gasteiger partial charge in [0, 0.05) is 24.4 Å². The van der Waals surface area contributed by atoms with Crippen molar-refractivity contribution in [2.24, 2.45) is 0 Å². The molecule has 2 aromatic rings. The van der Waals surface area contributed by atoms with E-state index in [0.717, 1.165) is 44.2 Å². The molecular weight excluding hydrogens is 354 g/mol. The van der Waals surface area contributed by atoms with E-state index in [0.29, 0.717) is 19.1 Å². The maximum absolute atomic E-state index is 11.8. The lowest BCUT2D eigenvalue weighted by Gasteiger charge is -2.40. The molecule has 1 aromatic heterocycles. The summed E-state index contributed by atoms with van der Waals surface area (Å²) in [6.07, 6.45) is 7.26. The van der Waals surface area contributed by atoms with Gasteiger partial charge in [-0.05, 0) is 56.1 Å². The van der Waals surface area contributed by atoms with Crippen molar-refractivity contribution in [2.45, 2.75) is 62.5 Å². The fraction of sp³-hybridized carbons (Fsp3) is 0.545. The quantitative estimate of drug-likeness (QED) is 0.803. The topological polar surface area (TPSA) is 78.5 Å². The van der Waals surface area contributed by atoms with E-state index in [1.54, 1.807) is 11.1 Å². The zero-order chi connectivity index (χ0) is 19.3. The first kappa shape index (κ1) is 19.0. The Morgan fingerprint density at radius 1 is 1.14 bits per heavy atom. The van der Waals surface area contributed by atoms with E-state index in [9.17, 15) is 9.90 Å². The Kier molecular flexibility index (Phi) is 5.95. The largest absolute Gasteiger partial charge is 0.465 e. The lowest BCUT2D eigenvalue weighted by molar-refractivity contribution is -0.0223. The van der Waals surface area contributed by atoms with Crippen molar-refractivity contribution in [3.63, 3.8) is 0 Å². The van der Waals surface area contributed by atoms with E-state index >= 15 is 0 Å². The summed E-state index contributed by atoms with van der Waals surface area (Å²) in [5.74, 6) is 0.733. The molecule has 0 unspecified atom stereocenters. The van der Waals surface area contributed by atoms with Crippen LogP contribution in [0, 0.1) is 0 Å². The van der Waals surface area contributed by atoms with Crippen molar-refractivity contribution >= 4 is 6.09 Å². The Labute approximate surface area is 165 Å². The minimum Gasteiger partial charge on any atom is -0.465 e. The van der Waals surface area contributed by atoms with Crippen molar-refractivity contribution < 1.29 is 14.6 Å². The van der Waals surface area contributed by atoms with Crippen LogP contribution < -0.4 is 0 Å². The van der Waals surface area contributed by atoms with Crippen molar-refractivity contribution in [1.82, 2.24) is 15.1 Å². The normalized spacial score (nSPS) is 28.2. The van der Waals surface area contributed by atoms with Gasteiger partial charge < -0.3 is 14.7 Å². The standard InChI is InChI=1S/C22H29N3O3/c26-22(27)25-14-4-7-19(20-12-13-23-24-20)21(25)15-28-18-10-8-17(9-11-18)16-5-2-1-3-6-16/h1-3,5-6,12-13,17-19,21H,4,7-11,14-15H2,(H,23,24)(H,26,27)/t17?,18?,19-,21+/m1/s1. The van der Waals surface area contributed by atoms with Crippen LogP contribution in [0.4, 0.5) is 4.79 Å². The summed E-state index contributed by atoms with van der Waals surface area (Å²) < 4.78 is 6.28. The van der Waals surface area contributed by atoms with Crippen molar-refractivity contribution in [2.75, 3.05) is 13.2 Å². The van der Waals surface area contributed by atoms with Crippen LogP contribution in [0.3, 0.4) is 0 Å². The second-order valence-electron chi connectivity index (χ2n) is 8.02. The molecule has 6 nitrogen and oxygen atoms in total. The highest BCUT2D eigenvalue weighted by Gasteiger charge is 2.37. The summed E-state index contributed by atoms with van der Waals surface area (Å²) in [6, 6.07) is 12.5. The first-order valence-corrected chi connectivity index (χ1v) is 10.4.